The summed E-state index contributed by atoms with van der Waals surface area (Å²) in [6, 6.07) is 2.00. The lowest BCUT2D eigenvalue weighted by Crippen LogP contribution is -2.14. The van der Waals surface area contributed by atoms with Crippen molar-refractivity contribution in [1.82, 2.24) is 15.0 Å². The first-order valence-electron chi connectivity index (χ1n) is 5.37. The zero-order valence-corrected chi connectivity index (χ0v) is 12.8. The minimum absolute atomic E-state index is 0.0187. The molecule has 5 nitrogen and oxygen atoms in total. The molecule has 0 amide bonds. The molecule has 0 unspecified atom stereocenters. The first-order valence-corrected chi connectivity index (χ1v) is 6.54. The zero-order chi connectivity index (χ0) is 14.9. The molecule has 0 bridgehead atoms. The van der Waals surface area contributed by atoms with Crippen molar-refractivity contribution >= 4 is 45.1 Å². The minimum atomic E-state index is -0.770. The smallest absolute Gasteiger partial charge is 0.233 e. The highest BCUT2D eigenvalue weighted by atomic mass is 79.9. The SMILES string of the molecule is CN(C)c1nc(Cl)nc(Nc2cc(Br)c(F)cc2F)n1. The van der Waals surface area contributed by atoms with Gasteiger partial charge in [-0.15, -0.1) is 0 Å². The predicted octanol–water partition coefficient (Wildman–Crippen LogP) is 3.38. The van der Waals surface area contributed by atoms with E-state index in [1.54, 1.807) is 19.0 Å². The lowest BCUT2D eigenvalue weighted by molar-refractivity contribution is 0.581. The van der Waals surface area contributed by atoms with Crippen LogP contribution in [0.25, 0.3) is 0 Å². The number of aromatic nitrogens is 3. The summed E-state index contributed by atoms with van der Waals surface area (Å²) in [7, 11) is 3.45. The van der Waals surface area contributed by atoms with Crippen LogP contribution in [-0.4, -0.2) is 29.0 Å². The number of nitrogens with one attached hydrogen (secondary N) is 1. The number of benzene rings is 1. The number of rotatable bonds is 3. The normalized spacial score (nSPS) is 10.5. The average Bonchev–Trinajstić information content (AvgIpc) is 2.35. The molecular weight excluding hydrogens is 356 g/mol. The molecule has 1 N–H and O–H groups in total. The molecule has 20 heavy (non-hydrogen) atoms. The van der Waals surface area contributed by atoms with Gasteiger partial charge in [0.15, 0.2) is 0 Å². The Morgan fingerprint density at radius 3 is 2.50 bits per heavy atom. The fourth-order valence-corrected chi connectivity index (χ4v) is 1.83. The molecule has 2 aromatic rings. The molecule has 0 saturated carbocycles. The van der Waals surface area contributed by atoms with Gasteiger partial charge < -0.3 is 10.2 Å². The molecule has 1 aromatic heterocycles. The summed E-state index contributed by atoms with van der Waals surface area (Å²) in [4.78, 5) is 13.4. The van der Waals surface area contributed by atoms with Crippen molar-refractivity contribution in [3.05, 3.63) is 33.5 Å². The largest absolute Gasteiger partial charge is 0.347 e. The third-order valence-electron chi connectivity index (χ3n) is 2.25. The van der Waals surface area contributed by atoms with Gasteiger partial charge in [-0.25, -0.2) is 8.78 Å². The Balaban J connectivity index is 2.37. The molecule has 0 radical (unpaired) electrons. The minimum Gasteiger partial charge on any atom is -0.347 e. The van der Waals surface area contributed by atoms with Gasteiger partial charge in [-0.2, -0.15) is 15.0 Å². The second kappa shape index (κ2) is 5.84. The summed E-state index contributed by atoms with van der Waals surface area (Å²) < 4.78 is 26.9. The van der Waals surface area contributed by atoms with Crippen molar-refractivity contribution in [3.8, 4) is 0 Å². The lowest BCUT2D eigenvalue weighted by atomic mass is 10.3. The topological polar surface area (TPSA) is 53.9 Å². The summed E-state index contributed by atoms with van der Waals surface area (Å²) in [6.45, 7) is 0. The zero-order valence-electron chi connectivity index (χ0n) is 10.5. The second-order valence-corrected chi connectivity index (χ2v) is 5.19. The lowest BCUT2D eigenvalue weighted by Gasteiger charge is -2.12. The maximum absolute atomic E-state index is 13.6. The first-order chi connectivity index (χ1) is 9.36. The van der Waals surface area contributed by atoms with E-state index in [0.717, 1.165) is 6.07 Å². The van der Waals surface area contributed by atoms with Gasteiger partial charge in [0.25, 0.3) is 0 Å². The highest BCUT2D eigenvalue weighted by Crippen LogP contribution is 2.26. The van der Waals surface area contributed by atoms with E-state index in [1.165, 1.54) is 6.07 Å². The van der Waals surface area contributed by atoms with E-state index in [-0.39, 0.29) is 21.4 Å². The van der Waals surface area contributed by atoms with Gasteiger partial charge in [-0.1, -0.05) is 0 Å². The van der Waals surface area contributed by atoms with Crippen LogP contribution in [0.1, 0.15) is 0 Å². The first kappa shape index (κ1) is 14.9. The fourth-order valence-electron chi connectivity index (χ4n) is 1.33. The number of hydrogen-bond acceptors (Lipinski definition) is 5. The summed E-state index contributed by atoms with van der Waals surface area (Å²) in [5.74, 6) is -1.09. The summed E-state index contributed by atoms with van der Waals surface area (Å²) in [5, 5.41) is 2.60. The van der Waals surface area contributed by atoms with E-state index >= 15 is 0 Å². The van der Waals surface area contributed by atoms with Crippen LogP contribution < -0.4 is 10.2 Å². The maximum Gasteiger partial charge on any atom is 0.233 e. The Bertz CT molecular complexity index is 653. The predicted molar refractivity (Wildman–Crippen MR) is 76.5 cm³/mol. The molecule has 0 aliphatic heterocycles. The maximum atomic E-state index is 13.6. The molecule has 0 fully saturated rings. The standard InChI is InChI=1S/C11H9BrClF2N5/c1-20(2)11-18-9(13)17-10(19-11)16-8-3-5(12)6(14)4-7(8)15/h3-4H,1-2H3,(H,16,17,18,19). The van der Waals surface area contributed by atoms with Crippen LogP contribution in [0.4, 0.5) is 26.4 Å². The van der Waals surface area contributed by atoms with Crippen molar-refractivity contribution in [2.45, 2.75) is 0 Å². The van der Waals surface area contributed by atoms with E-state index in [9.17, 15) is 8.78 Å². The van der Waals surface area contributed by atoms with E-state index in [0.29, 0.717) is 5.95 Å². The van der Waals surface area contributed by atoms with E-state index in [2.05, 4.69) is 36.2 Å². The van der Waals surface area contributed by atoms with Gasteiger partial charge in [-0.05, 0) is 33.6 Å². The van der Waals surface area contributed by atoms with E-state index < -0.39 is 11.6 Å². The molecule has 0 saturated heterocycles. The Labute approximate surface area is 127 Å². The Morgan fingerprint density at radius 1 is 1.15 bits per heavy atom. The van der Waals surface area contributed by atoms with Gasteiger partial charge in [-0.3, -0.25) is 0 Å². The van der Waals surface area contributed by atoms with Crippen LogP contribution in [0, 0.1) is 11.6 Å². The van der Waals surface area contributed by atoms with Gasteiger partial charge in [0.05, 0.1) is 10.2 Å². The molecule has 0 atom stereocenters. The molecule has 2 rings (SSSR count). The molecule has 1 heterocycles. The van der Waals surface area contributed by atoms with Gasteiger partial charge in [0.1, 0.15) is 11.6 Å². The molecule has 0 aliphatic rings. The molecule has 9 heteroatoms. The second-order valence-electron chi connectivity index (χ2n) is 3.99. The highest BCUT2D eigenvalue weighted by Gasteiger charge is 2.12. The summed E-state index contributed by atoms with van der Waals surface area (Å²) >= 11 is 8.74. The average molecular weight is 365 g/mol. The van der Waals surface area contributed by atoms with Gasteiger partial charge in [0, 0.05) is 20.2 Å². The molecule has 0 aliphatic carbocycles. The Kier molecular flexibility index (Phi) is 4.34. The van der Waals surface area contributed by atoms with Crippen LogP contribution in [0.15, 0.2) is 16.6 Å². The molecule has 106 valence electrons. The van der Waals surface area contributed by atoms with E-state index in [1.807, 2.05) is 0 Å². The van der Waals surface area contributed by atoms with Crippen molar-refractivity contribution in [3.63, 3.8) is 0 Å². The molecule has 1 aromatic carbocycles. The number of anilines is 3. The van der Waals surface area contributed by atoms with Crippen molar-refractivity contribution in [2.75, 3.05) is 24.3 Å². The van der Waals surface area contributed by atoms with E-state index in [4.69, 9.17) is 11.6 Å². The third kappa shape index (κ3) is 3.31. The Morgan fingerprint density at radius 2 is 1.85 bits per heavy atom. The fraction of sp³-hybridized carbons (Fsp3) is 0.182. The van der Waals surface area contributed by atoms with Crippen LogP contribution in [0.5, 0.6) is 0 Å². The molecular formula is C11H9BrClF2N5. The summed E-state index contributed by atoms with van der Waals surface area (Å²) in [6.07, 6.45) is 0. The van der Waals surface area contributed by atoms with Crippen LogP contribution in [0.3, 0.4) is 0 Å². The number of hydrogen-bond donors (Lipinski definition) is 1. The number of halogens is 4. The van der Waals surface area contributed by atoms with Crippen molar-refractivity contribution in [2.24, 2.45) is 0 Å². The van der Waals surface area contributed by atoms with Crippen LogP contribution in [0.2, 0.25) is 5.28 Å². The Hall–Kier alpha value is -1.54. The van der Waals surface area contributed by atoms with Crippen molar-refractivity contribution < 1.29 is 8.78 Å². The number of nitrogens with zero attached hydrogens (tertiary/aromatic N) is 4. The quantitative estimate of drug-likeness (QED) is 0.846. The van der Waals surface area contributed by atoms with Gasteiger partial charge in [0.2, 0.25) is 17.2 Å². The van der Waals surface area contributed by atoms with Gasteiger partial charge >= 0.3 is 0 Å². The van der Waals surface area contributed by atoms with Crippen molar-refractivity contribution in [1.29, 1.82) is 0 Å². The third-order valence-corrected chi connectivity index (χ3v) is 3.03. The van der Waals surface area contributed by atoms with Crippen LogP contribution in [-0.2, 0) is 0 Å². The summed E-state index contributed by atoms with van der Waals surface area (Å²) in [5.41, 5.74) is 0.0187. The highest BCUT2D eigenvalue weighted by molar-refractivity contribution is 9.10. The van der Waals surface area contributed by atoms with Crippen LogP contribution >= 0.6 is 27.5 Å². The monoisotopic (exact) mass is 363 g/mol. The molecule has 0 spiro atoms.